The maximum atomic E-state index is 12.5. The van der Waals surface area contributed by atoms with Gasteiger partial charge in [0.25, 0.3) is 11.8 Å². The van der Waals surface area contributed by atoms with E-state index < -0.39 is 0 Å². The van der Waals surface area contributed by atoms with E-state index in [9.17, 15) is 9.59 Å². The maximum absolute atomic E-state index is 12.5. The third-order valence-electron chi connectivity index (χ3n) is 5.40. The molecule has 3 aromatic rings. The molecule has 7 nitrogen and oxygen atoms in total. The van der Waals surface area contributed by atoms with Crippen molar-refractivity contribution in [3.8, 4) is 22.8 Å². The van der Waals surface area contributed by atoms with Crippen LogP contribution in [0, 0.1) is 0 Å². The molecule has 158 valence electrons. The molecule has 0 unspecified atom stereocenters. The second kappa shape index (κ2) is 8.11. The lowest BCUT2D eigenvalue weighted by molar-refractivity contribution is 0.0664. The third-order valence-corrected chi connectivity index (χ3v) is 6.37. The Hall–Kier alpha value is -3.26. The minimum atomic E-state index is -0.225. The summed E-state index contributed by atoms with van der Waals surface area (Å²) < 4.78 is 13.4. The highest BCUT2D eigenvalue weighted by atomic mass is 32.2. The summed E-state index contributed by atoms with van der Waals surface area (Å²) in [5, 5.41) is 0.851. The Morgan fingerprint density at radius 3 is 2.42 bits per heavy atom. The maximum Gasteiger partial charge on any atom is 0.261 e. The van der Waals surface area contributed by atoms with Crippen LogP contribution in [-0.2, 0) is 6.54 Å². The van der Waals surface area contributed by atoms with E-state index in [4.69, 9.17) is 9.47 Å². The van der Waals surface area contributed by atoms with Gasteiger partial charge >= 0.3 is 0 Å². The fraction of sp³-hybridized carbons (Fsp3) is 0.261. The van der Waals surface area contributed by atoms with Crippen molar-refractivity contribution in [2.75, 3.05) is 25.5 Å². The molecule has 5 rings (SSSR count). The fourth-order valence-corrected chi connectivity index (χ4v) is 4.85. The van der Waals surface area contributed by atoms with Crippen LogP contribution in [0.2, 0.25) is 0 Å². The molecular formula is C23H21N3O4S. The van der Waals surface area contributed by atoms with Crippen LogP contribution in [0.3, 0.4) is 0 Å². The number of carbonyl (C=O) groups excluding carboxylic acids is 2. The summed E-state index contributed by atoms with van der Waals surface area (Å²) in [5.74, 6) is 1.62. The van der Waals surface area contributed by atoms with Gasteiger partial charge in [-0.1, -0.05) is 23.9 Å². The first kappa shape index (κ1) is 19.7. The average molecular weight is 436 g/mol. The Balaban J connectivity index is 1.30. The topological polar surface area (TPSA) is 73.7 Å². The Morgan fingerprint density at radius 1 is 1.00 bits per heavy atom. The van der Waals surface area contributed by atoms with Crippen molar-refractivity contribution in [1.29, 1.82) is 0 Å². The summed E-state index contributed by atoms with van der Waals surface area (Å²) in [6.07, 6.45) is 1.85. The monoisotopic (exact) mass is 435 g/mol. The van der Waals surface area contributed by atoms with Crippen LogP contribution in [0.4, 0.5) is 0 Å². The van der Waals surface area contributed by atoms with Gasteiger partial charge in [0.1, 0.15) is 13.2 Å². The van der Waals surface area contributed by atoms with Crippen LogP contribution in [-0.4, -0.2) is 51.8 Å². The van der Waals surface area contributed by atoms with Crippen molar-refractivity contribution >= 4 is 23.6 Å². The number of nitrogens with zero attached hydrogens (tertiary/aromatic N) is 3. The van der Waals surface area contributed by atoms with Crippen LogP contribution >= 0.6 is 11.8 Å². The number of ether oxygens (including phenoxy) is 2. The minimum absolute atomic E-state index is 0.225. The smallest absolute Gasteiger partial charge is 0.261 e. The molecule has 0 N–H and O–H groups in total. The molecule has 0 saturated heterocycles. The van der Waals surface area contributed by atoms with Gasteiger partial charge in [0, 0.05) is 24.4 Å². The highest BCUT2D eigenvalue weighted by Gasteiger charge is 2.34. The molecule has 2 amide bonds. The second-order valence-electron chi connectivity index (χ2n) is 7.18. The molecule has 2 aliphatic heterocycles. The van der Waals surface area contributed by atoms with E-state index in [0.717, 1.165) is 34.5 Å². The highest BCUT2D eigenvalue weighted by Crippen LogP contribution is 2.35. The van der Waals surface area contributed by atoms with Crippen LogP contribution < -0.4 is 9.47 Å². The molecule has 1 aromatic heterocycles. The first-order chi connectivity index (χ1) is 15.2. The molecule has 3 heterocycles. The zero-order chi connectivity index (χ0) is 21.4. The van der Waals surface area contributed by atoms with Gasteiger partial charge in [-0.25, -0.2) is 4.98 Å². The summed E-state index contributed by atoms with van der Waals surface area (Å²) in [5.41, 5.74) is 2.95. The van der Waals surface area contributed by atoms with Gasteiger partial charge in [0.15, 0.2) is 16.7 Å². The summed E-state index contributed by atoms with van der Waals surface area (Å²) in [4.78, 5) is 31.0. The largest absolute Gasteiger partial charge is 0.486 e. The van der Waals surface area contributed by atoms with Crippen molar-refractivity contribution in [2.24, 2.45) is 0 Å². The van der Waals surface area contributed by atoms with Crippen LogP contribution in [0.5, 0.6) is 11.5 Å². The van der Waals surface area contributed by atoms with E-state index in [1.165, 1.54) is 16.7 Å². The Morgan fingerprint density at radius 2 is 1.71 bits per heavy atom. The number of hydrogen-bond donors (Lipinski definition) is 0. The van der Waals surface area contributed by atoms with Crippen molar-refractivity contribution in [2.45, 2.75) is 18.6 Å². The molecule has 0 aliphatic carbocycles. The van der Waals surface area contributed by atoms with Gasteiger partial charge in [-0.15, -0.1) is 0 Å². The normalized spacial score (nSPS) is 14.8. The lowest BCUT2D eigenvalue weighted by atomic mass is 10.1. The molecule has 0 radical (unpaired) electrons. The Bertz CT molecular complexity index is 1140. The number of amides is 2. The number of carbonyl (C=O) groups is 2. The predicted octanol–water partition coefficient (Wildman–Crippen LogP) is 3.73. The molecule has 0 saturated carbocycles. The fourth-order valence-electron chi connectivity index (χ4n) is 3.88. The first-order valence-electron chi connectivity index (χ1n) is 10.2. The number of aromatic nitrogens is 2. The predicted molar refractivity (Wildman–Crippen MR) is 117 cm³/mol. The number of thioether (sulfide) groups is 1. The summed E-state index contributed by atoms with van der Waals surface area (Å²) in [6, 6.07) is 12.9. The zero-order valence-corrected chi connectivity index (χ0v) is 17.9. The molecule has 0 spiro atoms. The SMILES string of the molecule is CCn1c(-c2ccc3c(c2)OCCO3)cnc1SCCN1C(=O)c2ccccc2C1=O. The van der Waals surface area contributed by atoms with Gasteiger partial charge < -0.3 is 14.0 Å². The Kier molecular flexibility index (Phi) is 5.15. The van der Waals surface area contributed by atoms with E-state index in [2.05, 4.69) is 16.5 Å². The van der Waals surface area contributed by atoms with E-state index in [0.29, 0.717) is 36.6 Å². The zero-order valence-electron chi connectivity index (χ0n) is 17.0. The van der Waals surface area contributed by atoms with E-state index >= 15 is 0 Å². The summed E-state index contributed by atoms with van der Waals surface area (Å²) in [7, 11) is 0. The number of rotatable bonds is 6. The minimum Gasteiger partial charge on any atom is -0.486 e. The summed E-state index contributed by atoms with van der Waals surface area (Å²) in [6.45, 7) is 4.26. The number of hydrogen-bond acceptors (Lipinski definition) is 6. The number of imide groups is 1. The molecule has 8 heteroatoms. The van der Waals surface area contributed by atoms with Crippen molar-refractivity contribution in [3.05, 3.63) is 59.8 Å². The molecule has 0 atom stereocenters. The van der Waals surface area contributed by atoms with Crippen LogP contribution in [0.15, 0.2) is 53.8 Å². The first-order valence-corrected chi connectivity index (χ1v) is 11.2. The van der Waals surface area contributed by atoms with Crippen molar-refractivity contribution in [1.82, 2.24) is 14.5 Å². The molecule has 0 bridgehead atoms. The van der Waals surface area contributed by atoms with Crippen LogP contribution in [0.25, 0.3) is 11.3 Å². The summed E-state index contributed by atoms with van der Waals surface area (Å²) >= 11 is 1.54. The van der Waals surface area contributed by atoms with E-state index in [1.54, 1.807) is 24.3 Å². The number of imidazole rings is 1. The Labute approximate surface area is 184 Å². The number of benzene rings is 2. The van der Waals surface area contributed by atoms with Crippen LogP contribution in [0.1, 0.15) is 27.6 Å². The van der Waals surface area contributed by atoms with Gasteiger partial charge in [-0.05, 0) is 37.3 Å². The molecule has 0 fully saturated rings. The number of fused-ring (bicyclic) bond motifs is 2. The van der Waals surface area contributed by atoms with Gasteiger partial charge in [0.2, 0.25) is 0 Å². The molecular weight excluding hydrogens is 414 g/mol. The molecule has 2 aromatic carbocycles. The standard InChI is InChI=1S/C23H21N3O4S/c1-2-25-18(15-7-8-19-20(13-15)30-11-10-29-19)14-24-23(25)31-12-9-26-21(27)16-5-3-4-6-17(16)22(26)28/h3-8,13-14H,2,9-12H2,1H3. The van der Waals surface area contributed by atoms with Gasteiger partial charge in [0.05, 0.1) is 23.0 Å². The lowest BCUT2D eigenvalue weighted by Crippen LogP contribution is -2.31. The van der Waals surface area contributed by atoms with Crippen molar-refractivity contribution < 1.29 is 19.1 Å². The average Bonchev–Trinajstić information content (AvgIpc) is 3.33. The van der Waals surface area contributed by atoms with E-state index in [1.807, 2.05) is 24.4 Å². The quantitative estimate of drug-likeness (QED) is 0.434. The highest BCUT2D eigenvalue weighted by molar-refractivity contribution is 7.99. The van der Waals surface area contributed by atoms with Crippen molar-refractivity contribution in [3.63, 3.8) is 0 Å². The lowest BCUT2D eigenvalue weighted by Gasteiger charge is -2.19. The third kappa shape index (κ3) is 3.46. The molecule has 2 aliphatic rings. The van der Waals surface area contributed by atoms with Gasteiger partial charge in [-0.3, -0.25) is 14.5 Å². The van der Waals surface area contributed by atoms with E-state index in [-0.39, 0.29) is 11.8 Å². The second-order valence-corrected chi connectivity index (χ2v) is 8.25. The molecule has 31 heavy (non-hydrogen) atoms. The van der Waals surface area contributed by atoms with Gasteiger partial charge in [-0.2, -0.15) is 0 Å².